The van der Waals surface area contributed by atoms with E-state index < -0.39 is 0 Å². The number of hydrogen-bond acceptors (Lipinski definition) is 3. The van der Waals surface area contributed by atoms with Gasteiger partial charge in [0.1, 0.15) is 5.54 Å². The van der Waals surface area contributed by atoms with Crippen LogP contribution in [0.4, 0.5) is 0 Å². The van der Waals surface area contributed by atoms with Crippen molar-refractivity contribution in [2.24, 2.45) is 0 Å². The van der Waals surface area contributed by atoms with Crippen molar-refractivity contribution in [1.29, 1.82) is 5.26 Å². The molecule has 0 aromatic heterocycles. The maximum Gasteiger partial charge on any atom is 0.110 e. The van der Waals surface area contributed by atoms with E-state index in [4.69, 9.17) is 0 Å². The number of hydrogen-bond donors (Lipinski definition) is 2. The van der Waals surface area contributed by atoms with Crippen LogP contribution in [0.2, 0.25) is 0 Å². The van der Waals surface area contributed by atoms with Crippen LogP contribution in [0.5, 0.6) is 0 Å². The van der Waals surface area contributed by atoms with Gasteiger partial charge in [0.05, 0.1) is 6.07 Å². The summed E-state index contributed by atoms with van der Waals surface area (Å²) in [5.41, 5.74) is 0.851. The maximum atomic E-state index is 9.71. The van der Waals surface area contributed by atoms with Crippen molar-refractivity contribution in [1.82, 2.24) is 10.6 Å². The Balaban J connectivity index is 2.06. The molecule has 0 spiro atoms. The zero-order valence-corrected chi connectivity index (χ0v) is 12.5. The molecule has 1 saturated heterocycles. The van der Waals surface area contributed by atoms with Crippen LogP contribution in [-0.2, 0) is 6.54 Å². The summed E-state index contributed by atoms with van der Waals surface area (Å²) in [4.78, 5) is 0. The molecule has 3 nitrogen and oxygen atoms in total. The third-order valence-corrected chi connectivity index (χ3v) is 4.33. The first-order valence-electron chi connectivity index (χ1n) is 7.67. The van der Waals surface area contributed by atoms with Crippen molar-refractivity contribution in [3.05, 3.63) is 35.9 Å². The van der Waals surface area contributed by atoms with Gasteiger partial charge in [0, 0.05) is 18.6 Å². The number of piperidine rings is 1. The first-order valence-corrected chi connectivity index (χ1v) is 7.67. The molecule has 1 fully saturated rings. The molecular formula is C17H25N3. The molecule has 0 bridgehead atoms. The topological polar surface area (TPSA) is 47.9 Å². The quantitative estimate of drug-likeness (QED) is 0.865. The lowest BCUT2D eigenvalue weighted by atomic mass is 9.80. The highest BCUT2D eigenvalue weighted by molar-refractivity contribution is 5.18. The number of nitriles is 1. The van der Waals surface area contributed by atoms with Gasteiger partial charge in [0.25, 0.3) is 0 Å². The molecule has 1 aromatic rings. The molecule has 0 amide bonds. The second-order valence-corrected chi connectivity index (χ2v) is 5.82. The summed E-state index contributed by atoms with van der Waals surface area (Å²) in [5, 5.41) is 16.9. The van der Waals surface area contributed by atoms with Crippen LogP contribution in [0.3, 0.4) is 0 Å². The van der Waals surface area contributed by atoms with Gasteiger partial charge in [-0.2, -0.15) is 5.26 Å². The number of rotatable bonds is 5. The molecule has 1 heterocycles. The zero-order valence-electron chi connectivity index (χ0n) is 12.5. The maximum absolute atomic E-state index is 9.71. The van der Waals surface area contributed by atoms with E-state index in [9.17, 15) is 5.26 Å². The van der Waals surface area contributed by atoms with Crippen molar-refractivity contribution < 1.29 is 0 Å². The van der Waals surface area contributed by atoms with Crippen LogP contribution in [0.15, 0.2) is 30.3 Å². The van der Waals surface area contributed by atoms with Gasteiger partial charge < -0.3 is 5.32 Å². The van der Waals surface area contributed by atoms with Gasteiger partial charge in [-0.25, -0.2) is 0 Å². The Bertz CT molecular complexity index is 437. The predicted octanol–water partition coefficient (Wildman–Crippen LogP) is 2.98. The van der Waals surface area contributed by atoms with Crippen molar-refractivity contribution in [3.8, 4) is 6.07 Å². The molecule has 1 aliphatic heterocycles. The van der Waals surface area contributed by atoms with E-state index in [1.807, 2.05) is 18.2 Å². The smallest absolute Gasteiger partial charge is 0.110 e. The summed E-state index contributed by atoms with van der Waals surface area (Å²) in [5.74, 6) is 0. The fourth-order valence-corrected chi connectivity index (χ4v) is 3.04. The van der Waals surface area contributed by atoms with E-state index in [1.54, 1.807) is 0 Å². The first-order chi connectivity index (χ1) is 9.71. The van der Waals surface area contributed by atoms with Crippen molar-refractivity contribution >= 4 is 0 Å². The normalized spacial score (nSPS) is 29.9. The lowest BCUT2D eigenvalue weighted by molar-refractivity contribution is 0.201. The fraction of sp³-hybridized carbons (Fsp3) is 0.588. The largest absolute Gasteiger partial charge is 0.311 e. The summed E-state index contributed by atoms with van der Waals surface area (Å²) >= 11 is 0. The van der Waals surface area contributed by atoms with Gasteiger partial charge in [-0.1, -0.05) is 44.2 Å². The molecule has 0 aliphatic carbocycles. The summed E-state index contributed by atoms with van der Waals surface area (Å²) in [6, 6.07) is 13.8. The highest BCUT2D eigenvalue weighted by atomic mass is 15.1. The Morgan fingerprint density at radius 3 is 2.30 bits per heavy atom. The zero-order chi connectivity index (χ0) is 14.4. The summed E-state index contributed by atoms with van der Waals surface area (Å²) < 4.78 is 0. The van der Waals surface area contributed by atoms with E-state index in [0.29, 0.717) is 12.1 Å². The summed E-state index contributed by atoms with van der Waals surface area (Å²) in [7, 11) is 0. The average molecular weight is 271 g/mol. The van der Waals surface area contributed by atoms with E-state index in [-0.39, 0.29) is 5.54 Å². The number of nitrogens with one attached hydrogen (secondary N) is 2. The molecular weight excluding hydrogens is 246 g/mol. The van der Waals surface area contributed by atoms with Crippen LogP contribution in [0.25, 0.3) is 0 Å². The first kappa shape index (κ1) is 15.0. The van der Waals surface area contributed by atoms with Gasteiger partial charge in [0.2, 0.25) is 0 Å². The Morgan fingerprint density at radius 1 is 1.20 bits per heavy atom. The molecule has 0 radical (unpaired) electrons. The minimum absolute atomic E-state index is 0.386. The molecule has 3 atom stereocenters. The molecule has 0 saturated carbocycles. The standard InChI is InChI=1S/C17H25N3/c1-3-15-10-17(13-18,11-16(4-2)20-15)19-12-14-8-6-5-7-9-14/h5-9,15-16,19-20H,3-4,10-12H2,1-2H3/t15-,16+,17?. The Labute approximate surface area is 122 Å². The molecule has 1 aliphatic rings. The minimum Gasteiger partial charge on any atom is -0.311 e. The molecule has 108 valence electrons. The van der Waals surface area contributed by atoms with Crippen LogP contribution >= 0.6 is 0 Å². The van der Waals surface area contributed by atoms with E-state index >= 15 is 0 Å². The molecule has 1 aromatic carbocycles. The Morgan fingerprint density at radius 2 is 1.80 bits per heavy atom. The molecule has 2 N–H and O–H groups in total. The molecule has 3 heteroatoms. The summed E-state index contributed by atoms with van der Waals surface area (Å²) in [6.07, 6.45) is 3.94. The Kier molecular flexibility index (Phi) is 5.17. The minimum atomic E-state index is -0.386. The lowest BCUT2D eigenvalue weighted by Gasteiger charge is -2.41. The van der Waals surface area contributed by atoms with Gasteiger partial charge in [-0.3, -0.25) is 5.32 Å². The van der Waals surface area contributed by atoms with E-state index in [1.165, 1.54) is 5.56 Å². The van der Waals surface area contributed by atoms with Crippen LogP contribution in [0.1, 0.15) is 45.1 Å². The van der Waals surface area contributed by atoms with Crippen LogP contribution < -0.4 is 10.6 Å². The Hall–Kier alpha value is -1.37. The van der Waals surface area contributed by atoms with Crippen molar-refractivity contribution in [3.63, 3.8) is 0 Å². The lowest BCUT2D eigenvalue weighted by Crippen LogP contribution is -2.58. The highest BCUT2D eigenvalue weighted by Gasteiger charge is 2.39. The third kappa shape index (κ3) is 3.59. The van der Waals surface area contributed by atoms with Crippen LogP contribution in [0, 0.1) is 11.3 Å². The highest BCUT2D eigenvalue weighted by Crippen LogP contribution is 2.27. The van der Waals surface area contributed by atoms with Crippen molar-refractivity contribution in [2.75, 3.05) is 0 Å². The van der Waals surface area contributed by atoms with E-state index in [0.717, 1.165) is 32.2 Å². The molecule has 2 rings (SSSR count). The number of nitrogens with zero attached hydrogens (tertiary/aromatic N) is 1. The average Bonchev–Trinajstić information content (AvgIpc) is 2.53. The monoisotopic (exact) mass is 271 g/mol. The van der Waals surface area contributed by atoms with Crippen molar-refractivity contribution in [2.45, 2.75) is 63.7 Å². The SMILES string of the molecule is CC[C@@H]1CC(C#N)(NCc2ccccc2)C[C@H](CC)N1. The predicted molar refractivity (Wildman–Crippen MR) is 82.2 cm³/mol. The second kappa shape index (κ2) is 6.88. The van der Waals surface area contributed by atoms with Gasteiger partial charge >= 0.3 is 0 Å². The van der Waals surface area contributed by atoms with Gasteiger partial charge in [-0.15, -0.1) is 0 Å². The third-order valence-electron chi connectivity index (χ3n) is 4.33. The number of benzene rings is 1. The van der Waals surface area contributed by atoms with E-state index in [2.05, 4.69) is 42.7 Å². The van der Waals surface area contributed by atoms with Crippen LogP contribution in [-0.4, -0.2) is 17.6 Å². The molecule has 20 heavy (non-hydrogen) atoms. The van der Waals surface area contributed by atoms with Gasteiger partial charge in [0.15, 0.2) is 0 Å². The second-order valence-electron chi connectivity index (χ2n) is 5.82. The van der Waals surface area contributed by atoms with Gasteiger partial charge in [-0.05, 0) is 31.2 Å². The molecule has 1 unspecified atom stereocenters. The fourth-order valence-electron chi connectivity index (χ4n) is 3.04. The summed E-state index contributed by atoms with van der Waals surface area (Å²) in [6.45, 7) is 5.14.